The molecule has 3 rings (SSSR count). The summed E-state index contributed by atoms with van der Waals surface area (Å²) in [7, 11) is 0. The molecule has 3 aromatic heterocycles. The molecule has 3 heterocycles. The lowest BCUT2D eigenvalue weighted by Crippen LogP contribution is -2.30. The number of furan rings is 1. The number of nitrogens with zero attached hydrogens (tertiary/aromatic N) is 5. The van der Waals surface area contributed by atoms with E-state index in [1.807, 2.05) is 35.3 Å². The quantitative estimate of drug-likeness (QED) is 0.702. The summed E-state index contributed by atoms with van der Waals surface area (Å²) in [6, 6.07) is 8.10. The molecule has 0 saturated carbocycles. The van der Waals surface area contributed by atoms with Gasteiger partial charge in [-0.25, -0.2) is 0 Å². The van der Waals surface area contributed by atoms with Crippen molar-refractivity contribution in [2.24, 2.45) is 0 Å². The number of aryl methyl sites for hydroxylation is 4. The van der Waals surface area contributed by atoms with Gasteiger partial charge in [-0.2, -0.15) is 10.2 Å². The Labute approximate surface area is 136 Å². The first-order valence-corrected chi connectivity index (χ1v) is 7.78. The molecule has 0 N–H and O–H groups in total. The summed E-state index contributed by atoms with van der Waals surface area (Å²) in [6.07, 6.45) is 1.71. The van der Waals surface area contributed by atoms with Gasteiger partial charge in [-0.05, 0) is 52.0 Å². The van der Waals surface area contributed by atoms with Gasteiger partial charge in [0.25, 0.3) is 0 Å². The third-order valence-electron chi connectivity index (χ3n) is 3.83. The van der Waals surface area contributed by atoms with E-state index >= 15 is 0 Å². The summed E-state index contributed by atoms with van der Waals surface area (Å²) in [4.78, 5) is 2.26. The van der Waals surface area contributed by atoms with Crippen LogP contribution in [0, 0.1) is 27.7 Å². The zero-order valence-corrected chi connectivity index (χ0v) is 14.2. The van der Waals surface area contributed by atoms with E-state index in [-0.39, 0.29) is 0 Å². The van der Waals surface area contributed by atoms with Crippen molar-refractivity contribution < 1.29 is 4.42 Å². The zero-order valence-electron chi connectivity index (χ0n) is 14.2. The lowest BCUT2D eigenvalue weighted by atomic mass is 10.4. The van der Waals surface area contributed by atoms with Gasteiger partial charge < -0.3 is 4.42 Å². The first kappa shape index (κ1) is 15.6. The van der Waals surface area contributed by atoms with Crippen LogP contribution in [0.1, 0.15) is 28.5 Å². The topological polar surface area (TPSA) is 52.0 Å². The minimum atomic E-state index is 0.693. The van der Waals surface area contributed by atoms with Crippen molar-refractivity contribution in [3.63, 3.8) is 0 Å². The third-order valence-corrected chi connectivity index (χ3v) is 3.83. The Morgan fingerprint density at radius 1 is 0.957 bits per heavy atom. The molecule has 0 amide bonds. The minimum absolute atomic E-state index is 0.693. The number of hydrogen-bond acceptors (Lipinski definition) is 4. The lowest BCUT2D eigenvalue weighted by molar-refractivity contribution is 0.131. The van der Waals surface area contributed by atoms with E-state index in [9.17, 15) is 0 Å². The summed E-state index contributed by atoms with van der Waals surface area (Å²) in [5, 5.41) is 9.13. The Balaban J connectivity index is 1.81. The van der Waals surface area contributed by atoms with E-state index in [1.165, 1.54) is 0 Å². The van der Waals surface area contributed by atoms with E-state index in [4.69, 9.17) is 4.42 Å². The zero-order chi connectivity index (χ0) is 16.4. The van der Waals surface area contributed by atoms with E-state index < -0.39 is 0 Å². The highest BCUT2D eigenvalue weighted by Gasteiger charge is 2.13. The molecule has 0 unspecified atom stereocenters. The molecule has 122 valence electrons. The fraction of sp³-hybridized carbons (Fsp3) is 0.412. The first-order chi connectivity index (χ1) is 11.0. The molecule has 0 radical (unpaired) electrons. The molecular weight excluding hydrogens is 290 g/mol. The van der Waals surface area contributed by atoms with Gasteiger partial charge in [0.2, 0.25) is 0 Å². The fourth-order valence-corrected chi connectivity index (χ4v) is 2.78. The smallest absolute Gasteiger partial charge is 0.117 e. The second-order valence-corrected chi connectivity index (χ2v) is 6.04. The molecule has 0 fully saturated rings. The van der Waals surface area contributed by atoms with Crippen LogP contribution in [-0.4, -0.2) is 24.5 Å². The summed E-state index contributed by atoms with van der Waals surface area (Å²) in [6.45, 7) is 10.3. The monoisotopic (exact) mass is 313 g/mol. The third kappa shape index (κ3) is 3.71. The van der Waals surface area contributed by atoms with Gasteiger partial charge in [0.05, 0.1) is 37.5 Å². The molecule has 3 aromatic rings. The highest BCUT2D eigenvalue weighted by atomic mass is 16.3. The van der Waals surface area contributed by atoms with Crippen LogP contribution in [0.3, 0.4) is 0 Å². The van der Waals surface area contributed by atoms with Gasteiger partial charge in [0, 0.05) is 11.4 Å². The first-order valence-electron chi connectivity index (χ1n) is 7.78. The van der Waals surface area contributed by atoms with E-state index in [1.54, 1.807) is 6.26 Å². The highest BCUT2D eigenvalue weighted by molar-refractivity contribution is 5.07. The van der Waals surface area contributed by atoms with Crippen LogP contribution in [0.25, 0.3) is 0 Å². The van der Waals surface area contributed by atoms with Crippen LogP contribution in [0.5, 0.6) is 0 Å². The molecule has 0 aromatic carbocycles. The van der Waals surface area contributed by atoms with Gasteiger partial charge in [0.15, 0.2) is 0 Å². The molecule has 6 heteroatoms. The molecule has 0 atom stereocenters. The van der Waals surface area contributed by atoms with Crippen LogP contribution in [0.4, 0.5) is 0 Å². The Morgan fingerprint density at radius 3 is 1.91 bits per heavy atom. The average molecular weight is 313 g/mol. The predicted molar refractivity (Wildman–Crippen MR) is 87.7 cm³/mol. The van der Waals surface area contributed by atoms with E-state index in [2.05, 4.69) is 41.1 Å². The molecule has 0 aliphatic heterocycles. The molecule has 0 bridgehead atoms. The van der Waals surface area contributed by atoms with Crippen LogP contribution in [-0.2, 0) is 19.9 Å². The van der Waals surface area contributed by atoms with Crippen molar-refractivity contribution >= 4 is 0 Å². The average Bonchev–Trinajstić information content (AvgIpc) is 3.15. The fourth-order valence-electron chi connectivity index (χ4n) is 2.78. The normalized spacial score (nSPS) is 11.5. The Hall–Kier alpha value is -2.34. The Bertz CT molecular complexity index is 721. The summed E-state index contributed by atoms with van der Waals surface area (Å²) in [5.74, 6) is 0.938. The van der Waals surface area contributed by atoms with Crippen LogP contribution >= 0.6 is 0 Å². The minimum Gasteiger partial charge on any atom is -0.468 e. The highest BCUT2D eigenvalue weighted by Crippen LogP contribution is 2.12. The van der Waals surface area contributed by atoms with Crippen molar-refractivity contribution in [2.75, 3.05) is 0 Å². The maximum absolute atomic E-state index is 5.51. The van der Waals surface area contributed by atoms with Gasteiger partial charge in [-0.15, -0.1) is 0 Å². The maximum atomic E-state index is 5.51. The Morgan fingerprint density at radius 2 is 1.52 bits per heavy atom. The van der Waals surface area contributed by atoms with Crippen LogP contribution < -0.4 is 0 Å². The number of aromatic nitrogens is 4. The SMILES string of the molecule is Cc1cc(C)n(CN(Cc2ccco2)Cn2nc(C)cc2C)n1. The van der Waals surface area contributed by atoms with Gasteiger partial charge in [0.1, 0.15) is 5.76 Å². The predicted octanol–water partition coefficient (Wildman–Crippen LogP) is 3.02. The number of hydrogen-bond donors (Lipinski definition) is 0. The molecule has 0 aliphatic carbocycles. The van der Waals surface area contributed by atoms with Gasteiger partial charge in [-0.3, -0.25) is 14.3 Å². The van der Waals surface area contributed by atoms with E-state index in [0.717, 1.165) is 28.5 Å². The van der Waals surface area contributed by atoms with Crippen molar-refractivity contribution in [3.8, 4) is 0 Å². The second kappa shape index (κ2) is 6.42. The molecule has 0 aliphatic rings. The Kier molecular flexibility index (Phi) is 4.34. The summed E-state index contributed by atoms with van der Waals surface area (Å²) in [5.41, 5.74) is 4.37. The maximum Gasteiger partial charge on any atom is 0.117 e. The molecule has 6 nitrogen and oxygen atoms in total. The second-order valence-electron chi connectivity index (χ2n) is 6.04. The number of rotatable bonds is 6. The van der Waals surface area contributed by atoms with Crippen LogP contribution in [0.2, 0.25) is 0 Å². The molecule has 0 saturated heterocycles. The van der Waals surface area contributed by atoms with Crippen molar-refractivity contribution in [1.29, 1.82) is 0 Å². The standard InChI is InChI=1S/C17H23N5O/c1-13-8-15(3)21(18-13)11-20(10-17-6-5-7-23-17)12-22-16(4)9-14(2)19-22/h5-9H,10-12H2,1-4H3. The largest absolute Gasteiger partial charge is 0.468 e. The van der Waals surface area contributed by atoms with Crippen LogP contribution in [0.15, 0.2) is 34.9 Å². The molecule has 0 spiro atoms. The van der Waals surface area contributed by atoms with Crippen molar-refractivity contribution in [2.45, 2.75) is 47.6 Å². The van der Waals surface area contributed by atoms with Crippen molar-refractivity contribution in [1.82, 2.24) is 24.5 Å². The lowest BCUT2D eigenvalue weighted by Gasteiger charge is -2.22. The summed E-state index contributed by atoms with van der Waals surface area (Å²) < 4.78 is 9.54. The van der Waals surface area contributed by atoms with Gasteiger partial charge in [-0.1, -0.05) is 0 Å². The van der Waals surface area contributed by atoms with E-state index in [0.29, 0.717) is 19.9 Å². The van der Waals surface area contributed by atoms with Crippen molar-refractivity contribution in [3.05, 3.63) is 59.1 Å². The molecule has 23 heavy (non-hydrogen) atoms. The summed E-state index contributed by atoms with van der Waals surface area (Å²) >= 11 is 0. The molecular formula is C17H23N5O. The van der Waals surface area contributed by atoms with Gasteiger partial charge >= 0.3 is 0 Å².